The van der Waals surface area contributed by atoms with E-state index in [4.69, 9.17) is 14.2 Å². The normalized spacial score (nSPS) is 12.9. The minimum atomic E-state index is 0.0278. The number of rotatable bonds is 7. The van der Waals surface area contributed by atoms with Gasteiger partial charge in [0.15, 0.2) is 11.5 Å². The third-order valence-electron chi connectivity index (χ3n) is 5.15. The van der Waals surface area contributed by atoms with Crippen LogP contribution in [0.3, 0.4) is 0 Å². The largest absolute Gasteiger partial charge is 0.494 e. The smallest absolute Gasteiger partial charge is 0.233 e. The quantitative estimate of drug-likeness (QED) is 0.516. The van der Waals surface area contributed by atoms with Gasteiger partial charge in [0.25, 0.3) is 0 Å². The van der Waals surface area contributed by atoms with Crippen LogP contribution in [0.2, 0.25) is 0 Å². The Labute approximate surface area is 184 Å². The number of hydrogen-bond donors (Lipinski definition) is 0. The number of aromatic nitrogens is 4. The van der Waals surface area contributed by atoms with Crippen LogP contribution in [0.15, 0.2) is 41.6 Å². The van der Waals surface area contributed by atoms with E-state index in [0.29, 0.717) is 35.5 Å². The summed E-state index contributed by atoms with van der Waals surface area (Å²) in [4.78, 5) is 14.7. The Morgan fingerprint density at radius 1 is 1.03 bits per heavy atom. The van der Waals surface area contributed by atoms with Gasteiger partial charge in [0.1, 0.15) is 11.4 Å². The fourth-order valence-electron chi connectivity index (χ4n) is 3.54. The van der Waals surface area contributed by atoms with E-state index in [1.165, 1.54) is 17.3 Å². The molecule has 0 atom stereocenters. The molecule has 4 rings (SSSR count). The molecule has 1 amide bonds. The molecule has 0 saturated heterocycles. The molecule has 9 nitrogen and oxygen atoms in total. The second kappa shape index (κ2) is 9.25. The second-order valence-electron chi connectivity index (χ2n) is 6.87. The van der Waals surface area contributed by atoms with Gasteiger partial charge in [0, 0.05) is 13.1 Å². The Morgan fingerprint density at radius 2 is 1.74 bits per heavy atom. The Kier molecular flexibility index (Phi) is 6.26. The number of nitrogens with zero attached hydrogens (tertiary/aromatic N) is 5. The number of ether oxygens (including phenoxy) is 3. The van der Waals surface area contributed by atoms with E-state index in [-0.39, 0.29) is 11.7 Å². The molecule has 1 aliphatic heterocycles. The molecule has 1 aromatic heterocycles. The Bertz CT molecular complexity index is 1090. The minimum Gasteiger partial charge on any atom is -0.494 e. The molecule has 1 aliphatic rings. The topological polar surface area (TPSA) is 91.6 Å². The van der Waals surface area contributed by atoms with Crippen molar-refractivity contribution in [2.45, 2.75) is 18.1 Å². The van der Waals surface area contributed by atoms with E-state index in [2.05, 4.69) is 15.5 Å². The summed E-state index contributed by atoms with van der Waals surface area (Å²) in [7, 11) is 4.83. The van der Waals surface area contributed by atoms with E-state index >= 15 is 0 Å². The molecule has 0 aliphatic carbocycles. The van der Waals surface area contributed by atoms with Crippen molar-refractivity contribution < 1.29 is 19.0 Å². The van der Waals surface area contributed by atoms with Crippen molar-refractivity contribution in [1.82, 2.24) is 25.1 Å². The van der Waals surface area contributed by atoms with Gasteiger partial charge in [-0.2, -0.15) is 4.68 Å². The lowest BCUT2D eigenvalue weighted by molar-refractivity contribution is -0.129. The summed E-state index contributed by atoms with van der Waals surface area (Å²) < 4.78 is 17.8. The lowest BCUT2D eigenvalue weighted by atomic mass is 9.99. The predicted octanol–water partition coefficient (Wildman–Crippen LogP) is 2.37. The van der Waals surface area contributed by atoms with Gasteiger partial charge >= 0.3 is 0 Å². The lowest BCUT2D eigenvalue weighted by Crippen LogP contribution is -2.37. The molecule has 162 valence electrons. The van der Waals surface area contributed by atoms with Crippen LogP contribution < -0.4 is 14.2 Å². The second-order valence-corrected chi connectivity index (χ2v) is 7.82. The van der Waals surface area contributed by atoms with Crippen LogP contribution in [0.5, 0.6) is 17.2 Å². The van der Waals surface area contributed by atoms with Crippen LogP contribution in [0.4, 0.5) is 0 Å². The lowest BCUT2D eigenvalue weighted by Gasteiger charge is -2.29. The zero-order valence-electron chi connectivity index (χ0n) is 17.6. The van der Waals surface area contributed by atoms with Crippen LogP contribution in [0, 0.1) is 0 Å². The number of carbonyl (C=O) groups is 1. The summed E-state index contributed by atoms with van der Waals surface area (Å²) in [5.74, 6) is 2.29. The standard InChI is InChI=1S/C21H23N5O4S/c1-28-17-7-5-4-6-16(17)26-21(22-23-24-26)31-13-20(27)25-9-8-14-10-18(29-2)19(30-3)11-15(14)12-25/h4-7,10-11H,8-9,12-13H2,1-3H3. The van der Waals surface area contributed by atoms with E-state index in [0.717, 1.165) is 17.7 Å². The van der Waals surface area contributed by atoms with Gasteiger partial charge in [-0.3, -0.25) is 4.79 Å². The number of tetrazole rings is 1. The number of fused-ring (bicyclic) bond motifs is 1. The maximum atomic E-state index is 12.9. The molecular formula is C21H23N5O4S. The van der Waals surface area contributed by atoms with Gasteiger partial charge in [0.2, 0.25) is 11.1 Å². The SMILES string of the molecule is COc1cc2c(cc1OC)CN(C(=O)CSc1nnnn1-c1ccccc1OC)CC2. The van der Waals surface area contributed by atoms with Crippen molar-refractivity contribution in [3.63, 3.8) is 0 Å². The summed E-state index contributed by atoms with van der Waals surface area (Å²) in [6, 6.07) is 11.4. The molecule has 10 heteroatoms. The number of para-hydroxylation sites is 2. The highest BCUT2D eigenvalue weighted by molar-refractivity contribution is 7.99. The molecule has 0 bridgehead atoms. The third kappa shape index (κ3) is 4.29. The Morgan fingerprint density at radius 3 is 2.48 bits per heavy atom. The predicted molar refractivity (Wildman–Crippen MR) is 115 cm³/mol. The van der Waals surface area contributed by atoms with Gasteiger partial charge in [-0.1, -0.05) is 23.9 Å². The number of hydrogen-bond acceptors (Lipinski definition) is 8. The van der Waals surface area contributed by atoms with Gasteiger partial charge in [-0.05, 0) is 52.2 Å². The van der Waals surface area contributed by atoms with Crippen molar-refractivity contribution in [3.05, 3.63) is 47.5 Å². The van der Waals surface area contributed by atoms with Crippen molar-refractivity contribution in [3.8, 4) is 22.9 Å². The van der Waals surface area contributed by atoms with Gasteiger partial charge < -0.3 is 19.1 Å². The van der Waals surface area contributed by atoms with Crippen LogP contribution >= 0.6 is 11.8 Å². The molecule has 0 saturated carbocycles. The van der Waals surface area contributed by atoms with Crippen molar-refractivity contribution in [2.75, 3.05) is 33.6 Å². The highest BCUT2D eigenvalue weighted by atomic mass is 32.2. The number of benzene rings is 2. The fraction of sp³-hybridized carbons (Fsp3) is 0.333. The zero-order chi connectivity index (χ0) is 21.8. The number of thioether (sulfide) groups is 1. The first kappa shape index (κ1) is 21.0. The highest BCUT2D eigenvalue weighted by Crippen LogP contribution is 2.33. The Balaban J connectivity index is 1.45. The average Bonchev–Trinajstić information content (AvgIpc) is 3.29. The van der Waals surface area contributed by atoms with E-state index in [1.54, 1.807) is 26.0 Å². The first-order valence-corrected chi connectivity index (χ1v) is 10.7. The van der Waals surface area contributed by atoms with Crippen LogP contribution in [-0.4, -0.2) is 64.6 Å². The van der Waals surface area contributed by atoms with Crippen molar-refractivity contribution in [2.24, 2.45) is 0 Å². The summed E-state index contributed by atoms with van der Waals surface area (Å²) in [5.41, 5.74) is 2.97. The number of carbonyl (C=O) groups excluding carboxylic acids is 1. The first-order valence-electron chi connectivity index (χ1n) is 9.70. The minimum absolute atomic E-state index is 0.0278. The summed E-state index contributed by atoms with van der Waals surface area (Å²) in [5, 5.41) is 12.4. The Hall–Kier alpha value is -3.27. The number of amides is 1. The fourth-order valence-corrected chi connectivity index (χ4v) is 4.33. The molecule has 2 heterocycles. The molecule has 2 aromatic carbocycles. The monoisotopic (exact) mass is 441 g/mol. The van der Waals surface area contributed by atoms with E-state index < -0.39 is 0 Å². The maximum absolute atomic E-state index is 12.9. The zero-order valence-corrected chi connectivity index (χ0v) is 18.4. The van der Waals surface area contributed by atoms with Crippen molar-refractivity contribution >= 4 is 17.7 Å². The summed E-state index contributed by atoms with van der Waals surface area (Å²) >= 11 is 1.30. The van der Waals surface area contributed by atoms with E-state index in [9.17, 15) is 4.79 Å². The van der Waals surface area contributed by atoms with Gasteiger partial charge in [-0.25, -0.2) is 0 Å². The third-order valence-corrected chi connectivity index (χ3v) is 6.05. The highest BCUT2D eigenvalue weighted by Gasteiger charge is 2.24. The van der Waals surface area contributed by atoms with Gasteiger partial charge in [0.05, 0.1) is 27.1 Å². The van der Waals surface area contributed by atoms with Crippen LogP contribution in [0.1, 0.15) is 11.1 Å². The van der Waals surface area contributed by atoms with Crippen LogP contribution in [-0.2, 0) is 17.8 Å². The summed E-state index contributed by atoms with van der Waals surface area (Å²) in [6.07, 6.45) is 0.769. The molecule has 0 radical (unpaired) electrons. The molecule has 0 fully saturated rings. The molecular weight excluding hydrogens is 418 g/mol. The maximum Gasteiger partial charge on any atom is 0.233 e. The molecule has 31 heavy (non-hydrogen) atoms. The van der Waals surface area contributed by atoms with Crippen molar-refractivity contribution in [1.29, 1.82) is 0 Å². The molecule has 3 aromatic rings. The molecule has 0 N–H and O–H groups in total. The van der Waals surface area contributed by atoms with Gasteiger partial charge in [-0.15, -0.1) is 5.10 Å². The molecule has 0 spiro atoms. The average molecular weight is 442 g/mol. The van der Waals surface area contributed by atoms with E-state index in [1.807, 2.05) is 41.3 Å². The molecule has 0 unspecified atom stereocenters. The first-order chi connectivity index (χ1) is 15.1. The number of methoxy groups -OCH3 is 3. The van der Waals surface area contributed by atoms with Crippen LogP contribution in [0.25, 0.3) is 5.69 Å². The summed E-state index contributed by atoms with van der Waals surface area (Å²) in [6.45, 7) is 1.19.